The Morgan fingerprint density at radius 3 is 2.65 bits per heavy atom. The summed E-state index contributed by atoms with van der Waals surface area (Å²) < 4.78 is 0. The molecule has 0 bridgehead atoms. The molecule has 2 fully saturated rings. The van der Waals surface area contributed by atoms with Crippen LogP contribution in [-0.4, -0.2) is 43.1 Å². The molecule has 0 spiro atoms. The molecule has 1 aliphatic carbocycles. The first-order valence-electron chi connectivity index (χ1n) is 9.60. The molecule has 1 saturated heterocycles. The third-order valence-corrected chi connectivity index (χ3v) is 6.21. The van der Waals surface area contributed by atoms with Crippen LogP contribution >= 0.6 is 11.3 Å². The minimum Gasteiger partial charge on any atom is -0.354 e. The van der Waals surface area contributed by atoms with Crippen LogP contribution in [0.1, 0.15) is 36.3 Å². The van der Waals surface area contributed by atoms with Gasteiger partial charge in [-0.2, -0.15) is 11.3 Å². The lowest BCUT2D eigenvalue weighted by Crippen LogP contribution is -2.49. The highest BCUT2D eigenvalue weighted by molar-refractivity contribution is 7.07. The summed E-state index contributed by atoms with van der Waals surface area (Å²) in [4.78, 5) is 7.01. The van der Waals surface area contributed by atoms with Crippen LogP contribution in [0.5, 0.6) is 0 Å². The van der Waals surface area contributed by atoms with Crippen LogP contribution in [0.2, 0.25) is 0 Å². The van der Waals surface area contributed by atoms with E-state index in [1.54, 1.807) is 11.3 Å². The number of aliphatic imine (C=N–C) groups is 1. The van der Waals surface area contributed by atoms with Crippen LogP contribution in [0, 0.1) is 0 Å². The van der Waals surface area contributed by atoms with Crippen LogP contribution in [0.4, 0.5) is 0 Å². The van der Waals surface area contributed by atoms with Gasteiger partial charge >= 0.3 is 0 Å². The van der Waals surface area contributed by atoms with Crippen molar-refractivity contribution in [3.05, 3.63) is 58.3 Å². The van der Waals surface area contributed by atoms with E-state index < -0.39 is 0 Å². The molecule has 5 heteroatoms. The van der Waals surface area contributed by atoms with Crippen molar-refractivity contribution in [2.24, 2.45) is 4.99 Å². The summed E-state index contributed by atoms with van der Waals surface area (Å²) in [5, 5.41) is 11.7. The molecular weight excluding hydrogens is 340 g/mol. The molecule has 2 aliphatic rings. The van der Waals surface area contributed by atoms with E-state index >= 15 is 0 Å². The number of thiophene rings is 1. The molecule has 1 aromatic heterocycles. The predicted octanol–water partition coefficient (Wildman–Crippen LogP) is 3.43. The van der Waals surface area contributed by atoms with Crippen molar-refractivity contribution in [2.75, 3.05) is 20.1 Å². The van der Waals surface area contributed by atoms with Crippen LogP contribution < -0.4 is 10.6 Å². The van der Waals surface area contributed by atoms with E-state index in [2.05, 4.69) is 67.7 Å². The molecule has 2 heterocycles. The largest absolute Gasteiger partial charge is 0.354 e. The molecule has 1 aromatic carbocycles. The number of hydrogen-bond acceptors (Lipinski definition) is 3. The zero-order valence-electron chi connectivity index (χ0n) is 15.4. The highest BCUT2D eigenvalue weighted by Gasteiger charge is 2.39. The van der Waals surface area contributed by atoms with Crippen molar-refractivity contribution in [3.63, 3.8) is 0 Å². The number of likely N-dealkylation sites (tertiary alicyclic amines) is 1. The third-order valence-electron chi connectivity index (χ3n) is 5.48. The lowest BCUT2D eigenvalue weighted by atomic mass is 10.0. The molecule has 4 rings (SSSR count). The topological polar surface area (TPSA) is 39.7 Å². The Kier molecular flexibility index (Phi) is 5.56. The Morgan fingerprint density at radius 1 is 1.15 bits per heavy atom. The van der Waals surface area contributed by atoms with Crippen molar-refractivity contribution in [2.45, 2.75) is 43.8 Å². The number of nitrogens with one attached hydrogen (secondary N) is 2. The number of guanidine groups is 1. The Bertz CT molecular complexity index is 705. The summed E-state index contributed by atoms with van der Waals surface area (Å²) in [6, 6.07) is 14.1. The highest BCUT2D eigenvalue weighted by Crippen LogP contribution is 2.40. The Morgan fingerprint density at radius 2 is 1.96 bits per heavy atom. The fraction of sp³-hybridized carbons (Fsp3) is 0.476. The van der Waals surface area contributed by atoms with Gasteiger partial charge < -0.3 is 10.6 Å². The first-order valence-corrected chi connectivity index (χ1v) is 10.5. The lowest BCUT2D eigenvalue weighted by molar-refractivity contribution is 0.198. The molecule has 0 radical (unpaired) electrons. The molecule has 1 saturated carbocycles. The third kappa shape index (κ3) is 4.46. The van der Waals surface area contributed by atoms with Crippen molar-refractivity contribution in [1.82, 2.24) is 15.5 Å². The van der Waals surface area contributed by atoms with Gasteiger partial charge in [0.2, 0.25) is 0 Å². The van der Waals surface area contributed by atoms with Gasteiger partial charge in [0, 0.05) is 44.7 Å². The van der Waals surface area contributed by atoms with Gasteiger partial charge in [-0.05, 0) is 47.2 Å². The summed E-state index contributed by atoms with van der Waals surface area (Å²) in [6.45, 7) is 3.39. The molecular formula is C21H28N4S. The van der Waals surface area contributed by atoms with Crippen molar-refractivity contribution >= 4 is 17.3 Å². The van der Waals surface area contributed by atoms with Crippen LogP contribution in [-0.2, 0) is 6.54 Å². The molecule has 4 nitrogen and oxygen atoms in total. The predicted molar refractivity (Wildman–Crippen MR) is 110 cm³/mol. The average molecular weight is 369 g/mol. The van der Waals surface area contributed by atoms with E-state index in [-0.39, 0.29) is 0 Å². The smallest absolute Gasteiger partial charge is 0.191 e. The second-order valence-electron chi connectivity index (χ2n) is 7.40. The first-order chi connectivity index (χ1) is 12.8. The van der Waals surface area contributed by atoms with Gasteiger partial charge in [-0.15, -0.1) is 0 Å². The zero-order chi connectivity index (χ0) is 17.8. The first kappa shape index (κ1) is 17.6. The van der Waals surface area contributed by atoms with Crippen LogP contribution in [0.3, 0.4) is 0 Å². The monoisotopic (exact) mass is 368 g/mol. The molecule has 2 unspecified atom stereocenters. The number of rotatable bonds is 5. The minimum absolute atomic E-state index is 0.516. The summed E-state index contributed by atoms with van der Waals surface area (Å²) in [5.41, 5.74) is 2.88. The van der Waals surface area contributed by atoms with Gasteiger partial charge in [0.25, 0.3) is 0 Å². The normalized spacial score (nSPS) is 24.4. The molecule has 138 valence electrons. The van der Waals surface area contributed by atoms with Crippen molar-refractivity contribution < 1.29 is 0 Å². The van der Waals surface area contributed by atoms with Gasteiger partial charge in [-0.1, -0.05) is 30.3 Å². The van der Waals surface area contributed by atoms with Gasteiger partial charge in [0.1, 0.15) is 0 Å². The zero-order valence-corrected chi connectivity index (χ0v) is 16.2. The van der Waals surface area contributed by atoms with Crippen LogP contribution in [0.25, 0.3) is 0 Å². The maximum absolute atomic E-state index is 4.45. The van der Waals surface area contributed by atoms with Crippen molar-refractivity contribution in [3.8, 4) is 0 Å². The molecule has 1 aliphatic heterocycles. The lowest BCUT2D eigenvalue weighted by Gasteiger charge is -2.33. The maximum Gasteiger partial charge on any atom is 0.191 e. The molecule has 0 amide bonds. The molecule has 2 N–H and O–H groups in total. The number of nitrogens with zero attached hydrogens (tertiary/aromatic N) is 2. The summed E-state index contributed by atoms with van der Waals surface area (Å²) in [6.07, 6.45) is 3.55. The van der Waals surface area contributed by atoms with E-state index in [9.17, 15) is 0 Å². The molecule has 2 aromatic rings. The van der Waals surface area contributed by atoms with E-state index in [0.29, 0.717) is 18.0 Å². The standard InChI is InChI=1S/C21H28N4S/c1-22-21(24-20-13-19(20)17-5-3-2-4-6-17)23-18-7-10-25(11-8-18)14-16-9-12-26-15-16/h2-6,9,12,15,18-20H,7-8,10-11,13-14H2,1H3,(H2,22,23,24). The number of piperidine rings is 1. The number of benzene rings is 1. The Labute approximate surface area is 160 Å². The Hall–Kier alpha value is -1.85. The summed E-state index contributed by atoms with van der Waals surface area (Å²) in [7, 11) is 1.88. The molecule has 26 heavy (non-hydrogen) atoms. The van der Waals surface area contributed by atoms with Gasteiger partial charge in [-0.3, -0.25) is 9.89 Å². The van der Waals surface area contributed by atoms with Gasteiger partial charge in [-0.25, -0.2) is 0 Å². The van der Waals surface area contributed by atoms with Gasteiger partial charge in [0.05, 0.1) is 0 Å². The maximum atomic E-state index is 4.45. The van der Waals surface area contributed by atoms with E-state index in [1.165, 1.54) is 30.4 Å². The average Bonchev–Trinajstić information content (AvgIpc) is 3.26. The van der Waals surface area contributed by atoms with E-state index in [1.807, 2.05) is 7.05 Å². The highest BCUT2D eigenvalue weighted by atomic mass is 32.1. The second kappa shape index (κ2) is 8.23. The minimum atomic E-state index is 0.516. The van der Waals surface area contributed by atoms with E-state index in [0.717, 1.165) is 25.6 Å². The van der Waals surface area contributed by atoms with Crippen molar-refractivity contribution in [1.29, 1.82) is 0 Å². The van der Waals surface area contributed by atoms with E-state index in [4.69, 9.17) is 0 Å². The number of hydrogen-bond donors (Lipinski definition) is 2. The fourth-order valence-electron chi connectivity index (χ4n) is 3.84. The summed E-state index contributed by atoms with van der Waals surface area (Å²) >= 11 is 1.79. The SMILES string of the molecule is CN=C(NC1CCN(Cc2ccsc2)CC1)NC1CC1c1ccccc1. The Balaban J connectivity index is 1.21. The second-order valence-corrected chi connectivity index (χ2v) is 8.18. The molecule has 2 atom stereocenters. The fourth-order valence-corrected chi connectivity index (χ4v) is 4.50. The van der Waals surface area contributed by atoms with Crippen LogP contribution in [0.15, 0.2) is 52.2 Å². The summed E-state index contributed by atoms with van der Waals surface area (Å²) in [5.74, 6) is 1.59. The quantitative estimate of drug-likeness (QED) is 0.627. The van der Waals surface area contributed by atoms with Gasteiger partial charge in [0.15, 0.2) is 5.96 Å².